The van der Waals surface area contributed by atoms with E-state index in [0.29, 0.717) is 12.5 Å². The lowest BCUT2D eigenvalue weighted by Gasteiger charge is -2.23. The van der Waals surface area contributed by atoms with Crippen LogP contribution in [0.25, 0.3) is 0 Å². The fourth-order valence-electron chi connectivity index (χ4n) is 2.18. The number of halogens is 2. The number of nitrogens with zero attached hydrogens (tertiary/aromatic N) is 1. The number of hydrogen-bond donors (Lipinski definition) is 2. The van der Waals surface area contributed by atoms with E-state index < -0.39 is 10.7 Å². The number of benzene rings is 1. The molecule has 1 heterocycles. The number of nitro benzene ring substituents is 1. The molecule has 19 heavy (non-hydrogen) atoms. The van der Waals surface area contributed by atoms with Gasteiger partial charge in [-0.25, -0.2) is 4.39 Å². The average Bonchev–Trinajstić information content (AvgIpc) is 2.40. The zero-order valence-corrected chi connectivity index (χ0v) is 11.9. The Labute approximate surface area is 118 Å². The quantitative estimate of drug-likeness (QED) is 0.657. The minimum absolute atomic E-state index is 0.101. The van der Waals surface area contributed by atoms with Crippen LogP contribution in [-0.2, 0) is 0 Å². The summed E-state index contributed by atoms with van der Waals surface area (Å²) in [7, 11) is 0. The molecule has 5 nitrogen and oxygen atoms in total. The van der Waals surface area contributed by atoms with Gasteiger partial charge in [0.05, 0.1) is 9.40 Å². The van der Waals surface area contributed by atoms with E-state index in [-0.39, 0.29) is 15.8 Å². The number of hydrogen-bond acceptors (Lipinski definition) is 4. The van der Waals surface area contributed by atoms with Crippen molar-refractivity contribution in [1.29, 1.82) is 0 Å². The Bertz CT molecular complexity index is 478. The molecule has 0 bridgehead atoms. The summed E-state index contributed by atoms with van der Waals surface area (Å²) in [4.78, 5) is 10.4. The van der Waals surface area contributed by atoms with Gasteiger partial charge < -0.3 is 10.6 Å². The lowest BCUT2D eigenvalue weighted by atomic mass is 9.99. The molecule has 7 heteroatoms. The Balaban J connectivity index is 2.09. The summed E-state index contributed by atoms with van der Waals surface area (Å²) in [6, 6.07) is 2.36. The summed E-state index contributed by atoms with van der Waals surface area (Å²) in [5.74, 6) is -0.0880. The molecule has 2 N–H and O–H groups in total. The van der Waals surface area contributed by atoms with Crippen LogP contribution < -0.4 is 10.6 Å². The molecule has 1 aliphatic heterocycles. The van der Waals surface area contributed by atoms with Crippen LogP contribution in [-0.4, -0.2) is 24.6 Å². The van der Waals surface area contributed by atoms with E-state index in [9.17, 15) is 14.5 Å². The van der Waals surface area contributed by atoms with Crippen LogP contribution in [0.4, 0.5) is 15.8 Å². The summed E-state index contributed by atoms with van der Waals surface area (Å²) in [5, 5.41) is 17.2. The smallest absolute Gasteiger partial charge is 0.293 e. The van der Waals surface area contributed by atoms with Crippen molar-refractivity contribution in [2.45, 2.75) is 12.8 Å². The molecular weight excluding hydrogens is 317 g/mol. The first-order chi connectivity index (χ1) is 9.08. The van der Waals surface area contributed by atoms with E-state index in [1.54, 1.807) is 0 Å². The molecule has 0 aliphatic carbocycles. The van der Waals surface area contributed by atoms with Gasteiger partial charge in [0.1, 0.15) is 11.5 Å². The zero-order chi connectivity index (χ0) is 13.8. The van der Waals surface area contributed by atoms with Gasteiger partial charge >= 0.3 is 0 Å². The third-order valence-electron chi connectivity index (χ3n) is 3.22. The normalized spacial score (nSPS) is 19.2. The van der Waals surface area contributed by atoms with Crippen molar-refractivity contribution >= 4 is 27.3 Å². The van der Waals surface area contributed by atoms with Crippen LogP contribution in [0, 0.1) is 21.8 Å². The number of nitro groups is 1. The second kappa shape index (κ2) is 6.29. The predicted molar refractivity (Wildman–Crippen MR) is 74.8 cm³/mol. The van der Waals surface area contributed by atoms with Crippen molar-refractivity contribution in [2.75, 3.05) is 25.0 Å². The Morgan fingerprint density at radius 1 is 1.58 bits per heavy atom. The Morgan fingerprint density at radius 2 is 2.37 bits per heavy atom. The fraction of sp³-hybridized carbons (Fsp3) is 0.500. The largest absolute Gasteiger partial charge is 0.379 e. The molecule has 0 radical (unpaired) electrons. The molecule has 1 unspecified atom stereocenters. The molecule has 1 aromatic rings. The minimum atomic E-state index is -0.508. The van der Waals surface area contributed by atoms with E-state index in [1.807, 2.05) is 0 Å². The predicted octanol–water partition coefficient (Wildman–Crippen LogP) is 2.91. The molecule has 1 saturated heterocycles. The second-order valence-electron chi connectivity index (χ2n) is 4.63. The topological polar surface area (TPSA) is 67.2 Å². The van der Waals surface area contributed by atoms with Crippen LogP contribution in [0.3, 0.4) is 0 Å². The van der Waals surface area contributed by atoms with Gasteiger partial charge in [0.25, 0.3) is 5.69 Å². The molecule has 1 aliphatic rings. The number of rotatable bonds is 4. The van der Waals surface area contributed by atoms with E-state index in [0.717, 1.165) is 25.9 Å². The third-order valence-corrected chi connectivity index (χ3v) is 3.82. The highest BCUT2D eigenvalue weighted by molar-refractivity contribution is 9.10. The summed E-state index contributed by atoms with van der Waals surface area (Å²) in [6.07, 6.45) is 2.18. The molecule has 1 fully saturated rings. The second-order valence-corrected chi connectivity index (χ2v) is 5.49. The average molecular weight is 332 g/mol. The van der Waals surface area contributed by atoms with Gasteiger partial charge in [0.2, 0.25) is 0 Å². The molecule has 0 saturated carbocycles. The van der Waals surface area contributed by atoms with E-state index >= 15 is 0 Å². The van der Waals surface area contributed by atoms with Gasteiger partial charge in [-0.2, -0.15) is 0 Å². The van der Waals surface area contributed by atoms with Crippen LogP contribution in [0.2, 0.25) is 0 Å². The van der Waals surface area contributed by atoms with Crippen molar-refractivity contribution in [3.05, 3.63) is 32.5 Å². The van der Waals surface area contributed by atoms with E-state index in [2.05, 4.69) is 26.6 Å². The highest BCUT2D eigenvalue weighted by Gasteiger charge is 2.19. The molecular formula is C12H15BrFN3O2. The van der Waals surface area contributed by atoms with Crippen molar-refractivity contribution in [1.82, 2.24) is 5.32 Å². The van der Waals surface area contributed by atoms with Crippen LogP contribution >= 0.6 is 15.9 Å². The molecule has 0 amide bonds. The summed E-state index contributed by atoms with van der Waals surface area (Å²) in [6.45, 7) is 2.51. The number of anilines is 1. The first kappa shape index (κ1) is 14.2. The van der Waals surface area contributed by atoms with Gasteiger partial charge in [-0.1, -0.05) is 0 Å². The van der Waals surface area contributed by atoms with Crippen LogP contribution in [0.5, 0.6) is 0 Å². The highest BCUT2D eigenvalue weighted by atomic mass is 79.9. The van der Waals surface area contributed by atoms with Crippen LogP contribution in [0.15, 0.2) is 16.6 Å². The van der Waals surface area contributed by atoms with Gasteiger partial charge in [-0.3, -0.25) is 10.1 Å². The van der Waals surface area contributed by atoms with E-state index in [1.165, 1.54) is 12.1 Å². The maximum atomic E-state index is 13.5. The van der Waals surface area contributed by atoms with Crippen molar-refractivity contribution in [2.24, 2.45) is 5.92 Å². The lowest BCUT2D eigenvalue weighted by molar-refractivity contribution is -0.384. The van der Waals surface area contributed by atoms with E-state index in [4.69, 9.17) is 0 Å². The third kappa shape index (κ3) is 3.63. The Morgan fingerprint density at radius 3 is 3.00 bits per heavy atom. The van der Waals surface area contributed by atoms with Crippen molar-refractivity contribution in [3.63, 3.8) is 0 Å². The summed E-state index contributed by atoms with van der Waals surface area (Å²) < 4.78 is 13.6. The SMILES string of the molecule is O=[N+]([O-])c1cc(Br)c(F)cc1NCC1CCCNC1. The monoisotopic (exact) mass is 331 g/mol. The maximum Gasteiger partial charge on any atom is 0.293 e. The van der Waals surface area contributed by atoms with Gasteiger partial charge in [-0.05, 0) is 47.8 Å². The maximum absolute atomic E-state index is 13.5. The minimum Gasteiger partial charge on any atom is -0.379 e. The van der Waals surface area contributed by atoms with Crippen molar-refractivity contribution < 1.29 is 9.31 Å². The Hall–Kier alpha value is -1.21. The Kier molecular flexibility index (Phi) is 4.71. The molecule has 1 atom stereocenters. The van der Waals surface area contributed by atoms with Crippen molar-refractivity contribution in [3.8, 4) is 0 Å². The number of nitrogens with one attached hydrogen (secondary N) is 2. The lowest BCUT2D eigenvalue weighted by Crippen LogP contribution is -2.33. The van der Waals surface area contributed by atoms with Gasteiger partial charge in [0.15, 0.2) is 0 Å². The van der Waals surface area contributed by atoms with Gasteiger partial charge in [0, 0.05) is 18.7 Å². The summed E-state index contributed by atoms with van der Waals surface area (Å²) in [5.41, 5.74) is 0.119. The first-order valence-electron chi connectivity index (χ1n) is 6.16. The molecule has 1 aromatic carbocycles. The first-order valence-corrected chi connectivity index (χ1v) is 6.95. The molecule has 0 aromatic heterocycles. The van der Waals surface area contributed by atoms with Crippen LogP contribution in [0.1, 0.15) is 12.8 Å². The fourth-order valence-corrected chi connectivity index (χ4v) is 2.51. The molecule has 104 valence electrons. The number of piperidine rings is 1. The zero-order valence-electron chi connectivity index (χ0n) is 10.3. The highest BCUT2D eigenvalue weighted by Crippen LogP contribution is 2.30. The summed E-state index contributed by atoms with van der Waals surface area (Å²) >= 11 is 2.96. The molecule has 2 rings (SSSR count). The molecule has 0 spiro atoms. The van der Waals surface area contributed by atoms with Gasteiger partial charge in [-0.15, -0.1) is 0 Å². The standard InChI is InChI=1S/C12H15BrFN3O2/c13-9-4-12(17(18)19)11(5-10(9)14)16-7-8-2-1-3-15-6-8/h4-5,8,15-16H,1-3,6-7H2.